The lowest BCUT2D eigenvalue weighted by Crippen LogP contribution is -2.46. The number of carbonyl (C=O) groups excluding carboxylic acids is 2. The van der Waals surface area contributed by atoms with E-state index in [4.69, 9.17) is 5.73 Å². The molecule has 1 fully saturated rings. The molecule has 2 atom stereocenters. The molecule has 0 aromatic heterocycles. The predicted octanol–water partition coefficient (Wildman–Crippen LogP) is 0.318. The molecule has 0 aromatic carbocycles. The molecule has 2 amide bonds. The molecule has 0 saturated heterocycles. The topological polar surface area (TPSA) is 84.7 Å². The summed E-state index contributed by atoms with van der Waals surface area (Å²) in [6, 6.07) is 0.350. The van der Waals surface area contributed by atoms with Crippen molar-refractivity contribution < 1.29 is 14.3 Å². The van der Waals surface area contributed by atoms with E-state index >= 15 is 0 Å². The van der Waals surface area contributed by atoms with Gasteiger partial charge in [0.2, 0.25) is 5.91 Å². The Balaban J connectivity index is 2.50. The number of carbonyl (C=O) groups is 2. The Bertz CT molecular complexity index is 296. The maximum Gasteiger partial charge on any atom is 0.413 e. The molecular formula is C12H23N3O3. The van der Waals surface area contributed by atoms with Gasteiger partial charge in [-0.05, 0) is 31.8 Å². The molecule has 1 rings (SSSR count). The summed E-state index contributed by atoms with van der Waals surface area (Å²) in [5.74, 6) is 0.127. The highest BCUT2D eigenvalue weighted by molar-refractivity contribution is 5.92. The molecule has 18 heavy (non-hydrogen) atoms. The first-order valence-electron chi connectivity index (χ1n) is 6.44. The van der Waals surface area contributed by atoms with E-state index in [9.17, 15) is 9.59 Å². The number of likely N-dealkylation sites (N-methyl/N-ethyl adjacent to an activating group) is 1. The summed E-state index contributed by atoms with van der Waals surface area (Å²) in [6.07, 6.45) is 2.64. The molecule has 1 saturated carbocycles. The quantitative estimate of drug-likeness (QED) is 0.741. The molecule has 2 unspecified atom stereocenters. The fourth-order valence-corrected chi connectivity index (χ4v) is 2.63. The third kappa shape index (κ3) is 3.96. The van der Waals surface area contributed by atoms with Crippen LogP contribution < -0.4 is 11.1 Å². The van der Waals surface area contributed by atoms with E-state index in [0.29, 0.717) is 18.5 Å². The highest BCUT2D eigenvalue weighted by Gasteiger charge is 2.31. The van der Waals surface area contributed by atoms with E-state index in [1.807, 2.05) is 6.92 Å². The Labute approximate surface area is 108 Å². The Morgan fingerprint density at radius 1 is 1.44 bits per heavy atom. The molecule has 6 heteroatoms. The Morgan fingerprint density at radius 2 is 2.17 bits per heavy atom. The third-order valence-electron chi connectivity index (χ3n) is 3.57. The largest absolute Gasteiger partial charge is 0.453 e. The SMILES string of the molecule is CCN(CC(=O)NC(=O)OC)C1CCCC1CN. The van der Waals surface area contributed by atoms with Gasteiger partial charge in [0.15, 0.2) is 0 Å². The molecule has 1 aliphatic rings. The Hall–Kier alpha value is -1.14. The number of methoxy groups -OCH3 is 1. The van der Waals surface area contributed by atoms with Crippen LogP contribution in [-0.4, -0.2) is 49.7 Å². The number of alkyl carbamates (subject to hydrolysis) is 1. The van der Waals surface area contributed by atoms with Gasteiger partial charge >= 0.3 is 6.09 Å². The number of hydrogen-bond acceptors (Lipinski definition) is 5. The zero-order chi connectivity index (χ0) is 13.5. The van der Waals surface area contributed by atoms with Gasteiger partial charge in [-0.1, -0.05) is 13.3 Å². The van der Waals surface area contributed by atoms with E-state index in [1.165, 1.54) is 7.11 Å². The lowest BCUT2D eigenvalue weighted by molar-refractivity contribution is -0.122. The number of nitrogens with zero attached hydrogens (tertiary/aromatic N) is 1. The molecule has 0 spiro atoms. The van der Waals surface area contributed by atoms with E-state index in [0.717, 1.165) is 25.8 Å². The molecule has 3 N–H and O–H groups in total. The molecule has 0 radical (unpaired) electrons. The first-order chi connectivity index (χ1) is 8.62. The fourth-order valence-electron chi connectivity index (χ4n) is 2.63. The Morgan fingerprint density at radius 3 is 2.72 bits per heavy atom. The zero-order valence-electron chi connectivity index (χ0n) is 11.1. The van der Waals surface area contributed by atoms with Crippen LogP contribution in [0.5, 0.6) is 0 Å². The first kappa shape index (κ1) is 14.9. The minimum Gasteiger partial charge on any atom is -0.453 e. The average Bonchev–Trinajstić information content (AvgIpc) is 2.83. The summed E-state index contributed by atoms with van der Waals surface area (Å²) in [7, 11) is 1.24. The highest BCUT2D eigenvalue weighted by atomic mass is 16.5. The standard InChI is InChI=1S/C12H23N3O3/c1-3-15(8-11(16)14-12(17)18-2)10-6-4-5-9(10)7-13/h9-10H,3-8,13H2,1-2H3,(H,14,16,17). The third-order valence-corrected chi connectivity index (χ3v) is 3.57. The van der Waals surface area contributed by atoms with Crippen LogP contribution in [0.3, 0.4) is 0 Å². The second kappa shape index (κ2) is 7.33. The second-order valence-electron chi connectivity index (χ2n) is 4.60. The molecule has 6 nitrogen and oxygen atoms in total. The van der Waals surface area contributed by atoms with Gasteiger partial charge in [-0.25, -0.2) is 4.79 Å². The van der Waals surface area contributed by atoms with Gasteiger partial charge in [0.25, 0.3) is 0 Å². The van der Waals surface area contributed by atoms with Gasteiger partial charge in [-0.2, -0.15) is 0 Å². The molecule has 0 aromatic rings. The number of amides is 2. The van der Waals surface area contributed by atoms with Gasteiger partial charge < -0.3 is 10.5 Å². The van der Waals surface area contributed by atoms with Gasteiger partial charge in [0.1, 0.15) is 0 Å². The average molecular weight is 257 g/mol. The number of nitrogens with two attached hydrogens (primary N) is 1. The van der Waals surface area contributed by atoms with Crippen LogP contribution in [0.25, 0.3) is 0 Å². The lowest BCUT2D eigenvalue weighted by atomic mass is 10.0. The van der Waals surface area contributed by atoms with Crippen molar-refractivity contribution in [2.75, 3.05) is 26.7 Å². The van der Waals surface area contributed by atoms with Gasteiger partial charge in [0, 0.05) is 6.04 Å². The number of nitrogens with one attached hydrogen (secondary N) is 1. The number of rotatable bonds is 5. The second-order valence-corrected chi connectivity index (χ2v) is 4.60. The number of hydrogen-bond donors (Lipinski definition) is 2. The van der Waals surface area contributed by atoms with Crippen molar-refractivity contribution in [2.45, 2.75) is 32.2 Å². The summed E-state index contributed by atoms with van der Waals surface area (Å²) < 4.78 is 4.39. The monoisotopic (exact) mass is 257 g/mol. The molecule has 1 aliphatic carbocycles. The van der Waals surface area contributed by atoms with Crippen LogP contribution in [-0.2, 0) is 9.53 Å². The minimum absolute atomic E-state index is 0.215. The normalized spacial score (nSPS) is 23.1. The van der Waals surface area contributed by atoms with E-state index in [1.54, 1.807) is 0 Å². The zero-order valence-corrected chi connectivity index (χ0v) is 11.1. The molecule has 0 heterocycles. The lowest BCUT2D eigenvalue weighted by Gasteiger charge is -2.30. The maximum atomic E-state index is 11.6. The van der Waals surface area contributed by atoms with Crippen molar-refractivity contribution in [3.05, 3.63) is 0 Å². The summed E-state index contributed by atoms with van der Waals surface area (Å²) >= 11 is 0. The van der Waals surface area contributed by atoms with Crippen molar-refractivity contribution >= 4 is 12.0 Å². The number of imide groups is 1. The summed E-state index contributed by atoms with van der Waals surface area (Å²) in [6.45, 7) is 3.65. The molecule has 0 aliphatic heterocycles. The van der Waals surface area contributed by atoms with Crippen molar-refractivity contribution in [3.63, 3.8) is 0 Å². The minimum atomic E-state index is -0.710. The maximum absolute atomic E-state index is 11.6. The van der Waals surface area contributed by atoms with Crippen molar-refractivity contribution in [3.8, 4) is 0 Å². The van der Waals surface area contributed by atoms with Crippen LogP contribution in [0, 0.1) is 5.92 Å². The van der Waals surface area contributed by atoms with Crippen LogP contribution in [0.4, 0.5) is 4.79 Å². The van der Waals surface area contributed by atoms with Crippen molar-refractivity contribution in [2.24, 2.45) is 11.7 Å². The van der Waals surface area contributed by atoms with Gasteiger partial charge in [0.05, 0.1) is 13.7 Å². The predicted molar refractivity (Wildman–Crippen MR) is 68.0 cm³/mol. The smallest absolute Gasteiger partial charge is 0.413 e. The summed E-state index contributed by atoms with van der Waals surface area (Å²) in [5, 5.41) is 2.18. The van der Waals surface area contributed by atoms with Crippen LogP contribution in [0.1, 0.15) is 26.2 Å². The summed E-state index contributed by atoms with van der Waals surface area (Å²) in [4.78, 5) is 24.7. The first-order valence-corrected chi connectivity index (χ1v) is 6.44. The Kier molecular flexibility index (Phi) is 6.07. The number of ether oxygens (including phenoxy) is 1. The van der Waals surface area contributed by atoms with Crippen LogP contribution in [0.2, 0.25) is 0 Å². The molecular weight excluding hydrogens is 234 g/mol. The van der Waals surface area contributed by atoms with Gasteiger partial charge in [-0.15, -0.1) is 0 Å². The van der Waals surface area contributed by atoms with E-state index < -0.39 is 6.09 Å². The summed E-state index contributed by atoms with van der Waals surface area (Å²) in [5.41, 5.74) is 5.75. The fraction of sp³-hybridized carbons (Fsp3) is 0.833. The molecule has 0 bridgehead atoms. The van der Waals surface area contributed by atoms with Gasteiger partial charge in [-0.3, -0.25) is 15.0 Å². The van der Waals surface area contributed by atoms with Crippen molar-refractivity contribution in [1.29, 1.82) is 0 Å². The van der Waals surface area contributed by atoms with E-state index in [2.05, 4.69) is 15.0 Å². The molecule has 104 valence electrons. The van der Waals surface area contributed by atoms with Crippen LogP contribution in [0.15, 0.2) is 0 Å². The van der Waals surface area contributed by atoms with Crippen LogP contribution >= 0.6 is 0 Å². The van der Waals surface area contributed by atoms with Crippen molar-refractivity contribution in [1.82, 2.24) is 10.2 Å². The van der Waals surface area contributed by atoms with E-state index in [-0.39, 0.29) is 12.5 Å². The highest BCUT2D eigenvalue weighted by Crippen LogP contribution is 2.28.